The number of hydrogen-bond donors (Lipinski definition) is 1. The Hall–Kier alpha value is -2.56. The van der Waals surface area contributed by atoms with Gasteiger partial charge in [-0.1, -0.05) is 17.7 Å². The predicted molar refractivity (Wildman–Crippen MR) is 120 cm³/mol. The molecule has 0 saturated carbocycles. The fourth-order valence-electron chi connectivity index (χ4n) is 3.44. The Morgan fingerprint density at radius 3 is 2.56 bits per heavy atom. The lowest BCUT2D eigenvalue weighted by atomic mass is 10.2. The number of thiophene rings is 1. The minimum atomic E-state index is -3.83. The number of carbonyl (C=O) groups is 3. The molecule has 1 aliphatic heterocycles. The number of nitrogens with zero attached hydrogens (tertiary/aromatic N) is 1. The summed E-state index contributed by atoms with van der Waals surface area (Å²) >= 11 is 1.28. The van der Waals surface area contributed by atoms with Gasteiger partial charge in [0.05, 0.1) is 9.77 Å². The largest absolute Gasteiger partial charge is 0.456 e. The molecule has 1 aromatic heterocycles. The second-order valence-electron chi connectivity index (χ2n) is 7.62. The Morgan fingerprint density at radius 1 is 1.16 bits per heavy atom. The summed E-state index contributed by atoms with van der Waals surface area (Å²) in [6.45, 7) is 3.57. The molecule has 10 heteroatoms. The molecule has 1 aromatic carbocycles. The zero-order valence-corrected chi connectivity index (χ0v) is 19.6. The van der Waals surface area contributed by atoms with Crippen molar-refractivity contribution in [2.45, 2.75) is 44.0 Å². The van der Waals surface area contributed by atoms with E-state index in [4.69, 9.17) is 4.74 Å². The zero-order chi connectivity index (χ0) is 23.3. The van der Waals surface area contributed by atoms with Gasteiger partial charge < -0.3 is 10.1 Å². The Morgan fingerprint density at radius 2 is 1.88 bits per heavy atom. The number of benzene rings is 1. The van der Waals surface area contributed by atoms with E-state index in [0.717, 1.165) is 14.7 Å². The van der Waals surface area contributed by atoms with Gasteiger partial charge in [0.15, 0.2) is 6.61 Å². The number of carbonyl (C=O) groups excluding carboxylic acids is 3. The summed E-state index contributed by atoms with van der Waals surface area (Å²) in [5.41, 5.74) is 0.937. The molecule has 172 valence electrons. The number of amides is 1. The molecule has 2 heterocycles. The van der Waals surface area contributed by atoms with Gasteiger partial charge in [-0.25, -0.2) is 8.42 Å². The summed E-state index contributed by atoms with van der Waals surface area (Å²) in [7, 11) is -3.83. The van der Waals surface area contributed by atoms with Crippen LogP contribution >= 0.6 is 11.3 Å². The van der Waals surface area contributed by atoms with Gasteiger partial charge in [-0.05, 0) is 50.5 Å². The standard InChI is InChI=1S/C22H26N2O6S2/c1-15-5-8-18(9-6-15)32(28,29)24-13-3-4-19(24)22(27)30-14-20(26)21-10-7-17(31-21)11-12-23-16(2)25/h5-10,19H,3-4,11-14H2,1-2H3,(H,23,25). The highest BCUT2D eigenvalue weighted by Crippen LogP contribution is 2.27. The lowest BCUT2D eigenvalue weighted by Gasteiger charge is -2.22. The smallest absolute Gasteiger partial charge is 0.324 e. The topological polar surface area (TPSA) is 110 Å². The van der Waals surface area contributed by atoms with E-state index >= 15 is 0 Å². The molecule has 1 saturated heterocycles. The van der Waals surface area contributed by atoms with E-state index in [1.165, 1.54) is 30.4 Å². The summed E-state index contributed by atoms with van der Waals surface area (Å²) in [5.74, 6) is -1.18. The maximum atomic E-state index is 13.0. The molecule has 1 unspecified atom stereocenters. The lowest BCUT2D eigenvalue weighted by molar-refractivity contribution is -0.146. The van der Waals surface area contributed by atoms with E-state index in [2.05, 4.69) is 5.32 Å². The summed E-state index contributed by atoms with van der Waals surface area (Å²) in [6, 6.07) is 8.98. The first-order chi connectivity index (χ1) is 15.2. The fourth-order valence-corrected chi connectivity index (χ4v) is 6.02. The van der Waals surface area contributed by atoms with Crippen LogP contribution in [0.2, 0.25) is 0 Å². The third-order valence-corrected chi connectivity index (χ3v) is 8.24. The van der Waals surface area contributed by atoms with Gasteiger partial charge in [-0.15, -0.1) is 11.3 Å². The number of ketones is 1. The molecule has 0 radical (unpaired) electrons. The fraction of sp³-hybridized carbons (Fsp3) is 0.409. The molecule has 1 N–H and O–H groups in total. The summed E-state index contributed by atoms with van der Waals surface area (Å²) < 4.78 is 32.3. The average Bonchev–Trinajstić information content (AvgIpc) is 3.42. The van der Waals surface area contributed by atoms with E-state index in [-0.39, 0.29) is 23.1 Å². The van der Waals surface area contributed by atoms with Crippen LogP contribution in [0, 0.1) is 6.92 Å². The Bertz CT molecular complexity index is 1090. The van der Waals surface area contributed by atoms with Crippen LogP contribution in [0.5, 0.6) is 0 Å². The van der Waals surface area contributed by atoms with Crippen molar-refractivity contribution in [3.63, 3.8) is 0 Å². The van der Waals surface area contributed by atoms with E-state index in [1.54, 1.807) is 24.3 Å². The second-order valence-corrected chi connectivity index (χ2v) is 10.7. The van der Waals surface area contributed by atoms with Crippen molar-refractivity contribution in [3.05, 3.63) is 51.7 Å². The molecule has 32 heavy (non-hydrogen) atoms. The van der Waals surface area contributed by atoms with Crippen LogP contribution in [-0.4, -0.2) is 56.1 Å². The number of rotatable bonds is 9. The van der Waals surface area contributed by atoms with E-state index in [1.807, 2.05) is 6.92 Å². The molecule has 0 bridgehead atoms. The first kappa shape index (κ1) is 24.1. The van der Waals surface area contributed by atoms with E-state index in [9.17, 15) is 22.8 Å². The number of esters is 1. The summed E-state index contributed by atoms with van der Waals surface area (Å²) in [5, 5.41) is 2.69. The molecule has 2 aromatic rings. The lowest BCUT2D eigenvalue weighted by Crippen LogP contribution is -2.41. The second kappa shape index (κ2) is 10.4. The molecule has 0 aliphatic carbocycles. The number of nitrogens with one attached hydrogen (secondary N) is 1. The van der Waals surface area contributed by atoms with Gasteiger partial charge in [0.1, 0.15) is 6.04 Å². The molecular formula is C22H26N2O6S2. The van der Waals surface area contributed by atoms with Crippen molar-refractivity contribution in [2.75, 3.05) is 19.7 Å². The number of ether oxygens (including phenoxy) is 1. The third kappa shape index (κ3) is 5.81. The minimum absolute atomic E-state index is 0.116. The van der Waals surface area contributed by atoms with Crippen molar-refractivity contribution in [3.8, 4) is 0 Å². The van der Waals surface area contributed by atoms with Crippen LogP contribution in [-0.2, 0) is 30.8 Å². The van der Waals surface area contributed by atoms with Crippen LogP contribution in [0.25, 0.3) is 0 Å². The molecule has 8 nitrogen and oxygen atoms in total. The van der Waals surface area contributed by atoms with Crippen LogP contribution in [0.15, 0.2) is 41.3 Å². The number of sulfonamides is 1. The molecule has 1 atom stereocenters. The van der Waals surface area contributed by atoms with Crippen LogP contribution < -0.4 is 5.32 Å². The van der Waals surface area contributed by atoms with Crippen molar-refractivity contribution in [2.24, 2.45) is 0 Å². The monoisotopic (exact) mass is 478 g/mol. The maximum absolute atomic E-state index is 13.0. The molecule has 0 spiro atoms. The summed E-state index contributed by atoms with van der Waals surface area (Å²) in [4.78, 5) is 37.5. The van der Waals surface area contributed by atoms with Crippen LogP contribution in [0.1, 0.15) is 39.9 Å². The van der Waals surface area contributed by atoms with Crippen molar-refractivity contribution in [1.82, 2.24) is 9.62 Å². The van der Waals surface area contributed by atoms with Crippen LogP contribution in [0.3, 0.4) is 0 Å². The number of hydrogen-bond acceptors (Lipinski definition) is 7. The first-order valence-corrected chi connectivity index (χ1v) is 12.6. The van der Waals surface area contributed by atoms with E-state index in [0.29, 0.717) is 30.7 Å². The molecule has 1 aliphatic rings. The van der Waals surface area contributed by atoms with Crippen LogP contribution in [0.4, 0.5) is 0 Å². The summed E-state index contributed by atoms with van der Waals surface area (Å²) in [6.07, 6.45) is 1.50. The van der Waals surface area contributed by atoms with Crippen molar-refractivity contribution in [1.29, 1.82) is 0 Å². The van der Waals surface area contributed by atoms with Gasteiger partial charge in [0.2, 0.25) is 21.7 Å². The molecular weight excluding hydrogens is 452 g/mol. The van der Waals surface area contributed by atoms with E-state index < -0.39 is 28.6 Å². The van der Waals surface area contributed by atoms with Gasteiger partial charge in [0.25, 0.3) is 0 Å². The third-order valence-electron chi connectivity index (χ3n) is 5.13. The highest BCUT2D eigenvalue weighted by atomic mass is 32.2. The molecule has 1 amide bonds. The first-order valence-electron chi connectivity index (χ1n) is 10.3. The Labute approximate surface area is 191 Å². The SMILES string of the molecule is CC(=O)NCCc1ccc(C(=O)COC(=O)C2CCCN2S(=O)(=O)c2ccc(C)cc2)s1. The molecule has 3 rings (SSSR count). The number of aryl methyl sites for hydroxylation is 1. The Balaban J connectivity index is 1.58. The number of Topliss-reactive ketones (excluding diaryl/α,β-unsaturated/α-hetero) is 1. The van der Waals surface area contributed by atoms with Crippen molar-refractivity contribution >= 4 is 39.0 Å². The van der Waals surface area contributed by atoms with Gasteiger partial charge in [-0.2, -0.15) is 4.31 Å². The predicted octanol–water partition coefficient (Wildman–Crippen LogP) is 2.31. The van der Waals surface area contributed by atoms with Gasteiger partial charge >= 0.3 is 5.97 Å². The van der Waals surface area contributed by atoms with Gasteiger partial charge in [0, 0.05) is 24.9 Å². The quantitative estimate of drug-likeness (QED) is 0.438. The normalized spacial score (nSPS) is 16.6. The van der Waals surface area contributed by atoms with Crippen molar-refractivity contribution < 1.29 is 27.5 Å². The average molecular weight is 479 g/mol. The zero-order valence-electron chi connectivity index (χ0n) is 18.0. The maximum Gasteiger partial charge on any atom is 0.324 e. The minimum Gasteiger partial charge on any atom is -0.456 e. The highest BCUT2D eigenvalue weighted by molar-refractivity contribution is 7.89. The Kier molecular flexibility index (Phi) is 7.81. The molecule has 1 fully saturated rings. The van der Waals surface area contributed by atoms with Gasteiger partial charge in [-0.3, -0.25) is 14.4 Å². The highest BCUT2D eigenvalue weighted by Gasteiger charge is 2.40.